The van der Waals surface area contributed by atoms with Crippen molar-refractivity contribution in [2.45, 2.75) is 166 Å². The first kappa shape index (κ1) is 61.9. The van der Waals surface area contributed by atoms with Crippen LogP contribution in [0.15, 0.2) is 12.7 Å². The highest BCUT2D eigenvalue weighted by molar-refractivity contribution is 8.13. The van der Waals surface area contributed by atoms with E-state index < -0.39 is 103 Å². The third-order valence-electron chi connectivity index (χ3n) is 11.6. The number of phosphoric ester groups is 3. The smallest absolute Gasteiger partial charge is 0.390 e. The normalized spacial score (nSPS) is 25.4. The molecule has 4 heterocycles. The minimum atomic E-state index is -5.59. The van der Waals surface area contributed by atoms with E-state index in [1.54, 1.807) is 6.92 Å². The van der Waals surface area contributed by atoms with Crippen LogP contribution < -0.4 is 16.4 Å². The Balaban J connectivity index is 1.04. The summed E-state index contributed by atoms with van der Waals surface area (Å²) >= 11 is 1.12. The van der Waals surface area contributed by atoms with Gasteiger partial charge in [-0.25, -0.2) is 28.6 Å². The molecule has 0 aliphatic carbocycles. The zero-order valence-electron chi connectivity index (χ0n) is 40.5. The highest BCUT2D eigenvalue weighted by Gasteiger charge is 2.50. The van der Waals surface area contributed by atoms with Crippen LogP contribution in [-0.2, 0) is 60.2 Å². The number of aliphatic hydroxyl groups excluding tert-OH is 4. The molecule has 0 saturated carbocycles. The number of amides is 2. The highest BCUT2D eigenvalue weighted by Crippen LogP contribution is 2.61. The van der Waals surface area contributed by atoms with E-state index in [0.717, 1.165) is 86.8 Å². The van der Waals surface area contributed by atoms with Crippen LogP contribution in [0.25, 0.3) is 11.2 Å². The Labute approximate surface area is 420 Å². The van der Waals surface area contributed by atoms with Gasteiger partial charge in [-0.2, -0.15) is 4.31 Å². The maximum Gasteiger partial charge on any atom is 0.481 e. The molecule has 0 radical (unpaired) electrons. The number of thioether (sulfide) groups is 1. The van der Waals surface area contributed by atoms with Crippen molar-refractivity contribution in [2.24, 2.45) is 5.41 Å². The van der Waals surface area contributed by atoms with Gasteiger partial charge in [-0.3, -0.25) is 32.5 Å². The molecule has 12 atom stereocenters. The van der Waals surface area contributed by atoms with E-state index in [1.807, 2.05) is 6.92 Å². The van der Waals surface area contributed by atoms with Crippen molar-refractivity contribution in [1.82, 2.24) is 30.2 Å². The van der Waals surface area contributed by atoms with Crippen molar-refractivity contribution in [1.29, 1.82) is 0 Å². The van der Waals surface area contributed by atoms with E-state index >= 15 is 0 Å². The number of unbranched alkanes of at least 4 members (excludes halogenated alkanes) is 7. The maximum atomic E-state index is 12.8. The van der Waals surface area contributed by atoms with Crippen LogP contribution in [0.4, 0.5) is 5.82 Å². The minimum Gasteiger partial charge on any atom is -0.390 e. The Hall–Kier alpha value is -2.60. The molecule has 28 nitrogen and oxygen atoms in total. The number of aromatic nitrogens is 4. The Morgan fingerprint density at radius 3 is 2.24 bits per heavy atom. The predicted octanol–water partition coefficient (Wildman–Crippen LogP) is 1.83. The summed E-state index contributed by atoms with van der Waals surface area (Å²) in [7, 11) is -16.4. The second-order valence-corrected chi connectivity index (χ2v) is 23.6. The number of anilines is 1. The van der Waals surface area contributed by atoms with E-state index in [9.17, 15) is 68.1 Å². The lowest BCUT2D eigenvalue weighted by atomic mass is 9.87. The monoisotopic (exact) mass is 1110 g/mol. The summed E-state index contributed by atoms with van der Waals surface area (Å²) in [6.45, 7) is 4.18. The molecule has 2 aromatic heterocycles. The molecule has 2 aromatic rings. The standard InChI is InChI=1S/C40H70N7O21P3S/c1-24(64-39-27(49)19-26(48)25(2)65-39)13-11-9-7-5-6-8-10-12-14-30(51)72-18-17-42-29(50)15-16-43-37(54)34(53)40(3,4)21-63-71(60,61)68-70(58,59)62-20-28-33(67-69(55,56)57)32(52)38(66-28)47-23-46-31-35(41)44-22-45-36(31)47/h22-28,32-34,38-39,48-49,52-53H,5-21H2,1-4H3,(H,42,50)(H,43,54)(H,58,59)(H,60,61)(H2,41,44,45)(H2,55,56,57)/t24-,25+,26-,27-,28-,32-,33-,34+,38-,39-/m1/s1. The number of hydrogen-bond donors (Lipinski definition) is 11. The van der Waals surface area contributed by atoms with Crippen LogP contribution in [0.3, 0.4) is 0 Å². The molecular weight excluding hydrogens is 1040 g/mol. The van der Waals surface area contributed by atoms with Crippen molar-refractivity contribution >= 4 is 69.1 Å². The van der Waals surface area contributed by atoms with Gasteiger partial charge in [0.15, 0.2) is 29.1 Å². The van der Waals surface area contributed by atoms with Gasteiger partial charge in [0.2, 0.25) is 11.8 Å². The summed E-state index contributed by atoms with van der Waals surface area (Å²) < 4.78 is 73.9. The molecule has 2 aliphatic heterocycles. The lowest BCUT2D eigenvalue weighted by molar-refractivity contribution is -0.273. The zero-order chi connectivity index (χ0) is 53.4. The molecular formula is C40H70N7O21P3S. The van der Waals surface area contributed by atoms with Crippen molar-refractivity contribution in [2.75, 3.05) is 37.8 Å². The molecule has 0 bridgehead atoms. The number of nitrogens with two attached hydrogens (primary N) is 1. The Morgan fingerprint density at radius 1 is 0.903 bits per heavy atom. The third-order valence-corrected chi connectivity index (χ3v) is 15.6. The lowest BCUT2D eigenvalue weighted by Gasteiger charge is -2.36. The minimum absolute atomic E-state index is 0.0225. The van der Waals surface area contributed by atoms with Gasteiger partial charge in [0, 0.05) is 43.5 Å². The van der Waals surface area contributed by atoms with Gasteiger partial charge < -0.3 is 70.6 Å². The SMILES string of the molecule is C[C@H](CCCCCCCCCCC(=O)SCCNC(=O)CCNC(=O)[C@H](O)C(C)(C)COP(=O)(O)OP(=O)(O)OC[C@H]1O[C@@H](n2cnc3c(N)ncnc32)[C@H](O)[C@@H]1OP(=O)(O)O)O[C@@H]1O[C@@H](C)[C@H](O)C[C@H]1O. The van der Waals surface area contributed by atoms with Gasteiger partial charge in [-0.1, -0.05) is 70.6 Å². The molecule has 2 saturated heterocycles. The van der Waals surface area contributed by atoms with Crippen molar-refractivity contribution in [3.05, 3.63) is 12.7 Å². The molecule has 4 rings (SSSR count). The molecule has 32 heteroatoms. The fourth-order valence-electron chi connectivity index (χ4n) is 7.49. The van der Waals surface area contributed by atoms with E-state index in [-0.39, 0.29) is 60.2 Å². The molecule has 0 aromatic carbocycles. The molecule has 2 amide bonds. The van der Waals surface area contributed by atoms with Crippen molar-refractivity contribution in [3.8, 4) is 0 Å². The summed E-state index contributed by atoms with van der Waals surface area (Å²) in [5.74, 6) is -1.11. The quantitative estimate of drug-likeness (QED) is 0.0368. The second kappa shape index (κ2) is 28.5. The average Bonchev–Trinajstić information content (AvgIpc) is 3.85. The number of nitrogen functional groups attached to an aromatic ring is 1. The Bertz CT molecular complexity index is 2210. The third kappa shape index (κ3) is 20.5. The number of carbonyl (C=O) groups excluding carboxylic acids is 3. The van der Waals surface area contributed by atoms with Gasteiger partial charge in [-0.05, 0) is 26.7 Å². The molecule has 72 heavy (non-hydrogen) atoms. The lowest BCUT2D eigenvalue weighted by Crippen LogP contribution is -2.48. The number of ether oxygens (including phenoxy) is 3. The molecule has 2 fully saturated rings. The summed E-state index contributed by atoms with van der Waals surface area (Å²) in [6, 6.07) is 0. The van der Waals surface area contributed by atoms with Crippen LogP contribution in [0, 0.1) is 5.41 Å². The average molecular weight is 1110 g/mol. The highest BCUT2D eigenvalue weighted by atomic mass is 32.2. The van der Waals surface area contributed by atoms with Crippen LogP contribution >= 0.6 is 35.2 Å². The summed E-state index contributed by atoms with van der Waals surface area (Å²) in [5, 5.41) is 46.5. The first-order valence-corrected chi connectivity index (χ1v) is 28.9. The van der Waals surface area contributed by atoms with Gasteiger partial charge in [0.1, 0.15) is 42.4 Å². The zero-order valence-corrected chi connectivity index (χ0v) is 43.9. The van der Waals surface area contributed by atoms with Crippen LogP contribution in [0.2, 0.25) is 0 Å². The fraction of sp³-hybridized carbons (Fsp3) is 0.800. The number of imidazole rings is 1. The van der Waals surface area contributed by atoms with Crippen molar-refractivity contribution < 1.29 is 100 Å². The Kier molecular flexibility index (Phi) is 24.5. The van der Waals surface area contributed by atoms with Crippen LogP contribution in [-0.4, -0.2) is 164 Å². The number of carbonyl (C=O) groups is 3. The topological polar surface area (TPSA) is 423 Å². The van der Waals surface area contributed by atoms with E-state index in [1.165, 1.54) is 13.8 Å². The van der Waals surface area contributed by atoms with Gasteiger partial charge in [-0.15, -0.1) is 0 Å². The molecule has 2 unspecified atom stereocenters. The summed E-state index contributed by atoms with van der Waals surface area (Å²) in [6.07, 6.45) is -0.0872. The molecule has 0 spiro atoms. The number of hydrogen-bond acceptors (Lipinski definition) is 22. The number of rotatable bonds is 32. The Morgan fingerprint density at radius 2 is 1.56 bits per heavy atom. The number of nitrogens with zero attached hydrogens (tertiary/aromatic N) is 4. The van der Waals surface area contributed by atoms with Crippen LogP contribution in [0.1, 0.15) is 111 Å². The maximum absolute atomic E-state index is 12.8. The number of phosphoric acid groups is 3. The summed E-state index contributed by atoms with van der Waals surface area (Å²) in [5.41, 5.74) is 4.26. The fourth-order valence-corrected chi connectivity index (χ4v) is 11.0. The number of nitrogens with one attached hydrogen (secondary N) is 2. The van der Waals surface area contributed by atoms with Crippen molar-refractivity contribution in [3.63, 3.8) is 0 Å². The van der Waals surface area contributed by atoms with Gasteiger partial charge in [0.25, 0.3) is 0 Å². The molecule has 2 aliphatic rings. The van der Waals surface area contributed by atoms with Gasteiger partial charge in [0.05, 0.1) is 37.9 Å². The van der Waals surface area contributed by atoms with Gasteiger partial charge >= 0.3 is 23.5 Å². The predicted molar refractivity (Wildman–Crippen MR) is 255 cm³/mol. The molecule has 412 valence electrons. The second-order valence-electron chi connectivity index (χ2n) is 18.2. The number of fused-ring (bicyclic) bond motifs is 1. The first-order chi connectivity index (χ1) is 33.7. The largest absolute Gasteiger partial charge is 0.481 e. The first-order valence-electron chi connectivity index (χ1n) is 23.4. The molecule has 12 N–H and O–H groups in total. The summed E-state index contributed by atoms with van der Waals surface area (Å²) in [4.78, 5) is 88.5. The van der Waals surface area contributed by atoms with E-state index in [2.05, 4.69) is 34.4 Å². The number of aliphatic hydroxyl groups is 4. The van der Waals surface area contributed by atoms with E-state index in [0.29, 0.717) is 12.2 Å². The van der Waals surface area contributed by atoms with Crippen LogP contribution in [0.5, 0.6) is 0 Å². The van der Waals surface area contributed by atoms with E-state index in [4.69, 9.17) is 29.0 Å².